The Hall–Kier alpha value is -3.28. The smallest absolute Gasteiger partial charge is 0.255 e. The second-order valence-electron chi connectivity index (χ2n) is 5.97. The number of nitrogens with one attached hydrogen (secondary N) is 1. The highest BCUT2D eigenvalue weighted by atomic mass is 16.5. The van der Waals surface area contributed by atoms with Crippen LogP contribution in [0, 0.1) is 0 Å². The average molecular weight is 380 g/mol. The van der Waals surface area contributed by atoms with Crippen LogP contribution in [0.2, 0.25) is 0 Å². The zero-order valence-corrected chi connectivity index (χ0v) is 16.3. The highest BCUT2D eigenvalue weighted by molar-refractivity contribution is 6.05. The van der Waals surface area contributed by atoms with Crippen LogP contribution in [-0.4, -0.2) is 30.7 Å². The molecule has 0 aliphatic rings. The number of benzene rings is 2. The van der Waals surface area contributed by atoms with E-state index in [2.05, 4.69) is 10.3 Å². The summed E-state index contributed by atoms with van der Waals surface area (Å²) in [6.07, 6.45) is 1.64. The third kappa shape index (κ3) is 4.34. The molecular weight excluding hydrogens is 356 g/mol. The van der Waals surface area contributed by atoms with E-state index in [0.717, 1.165) is 10.9 Å². The average Bonchev–Trinajstić information content (AvgIpc) is 2.70. The molecule has 0 aliphatic carbocycles. The van der Waals surface area contributed by atoms with Crippen molar-refractivity contribution < 1.29 is 19.0 Å². The first kappa shape index (κ1) is 19.5. The van der Waals surface area contributed by atoms with E-state index in [4.69, 9.17) is 14.2 Å². The summed E-state index contributed by atoms with van der Waals surface area (Å²) in [7, 11) is 0. The third-order valence-corrected chi connectivity index (χ3v) is 4.02. The second kappa shape index (κ2) is 9.08. The number of hydrogen-bond donors (Lipinski definition) is 1. The summed E-state index contributed by atoms with van der Waals surface area (Å²) in [6, 6.07) is 13.0. The van der Waals surface area contributed by atoms with Gasteiger partial charge in [0.1, 0.15) is 0 Å². The summed E-state index contributed by atoms with van der Waals surface area (Å²) in [5.74, 6) is 1.20. The Morgan fingerprint density at radius 3 is 2.21 bits per heavy atom. The van der Waals surface area contributed by atoms with E-state index in [9.17, 15) is 4.79 Å². The molecule has 1 heterocycles. The number of anilines is 1. The lowest BCUT2D eigenvalue weighted by Gasteiger charge is -2.17. The van der Waals surface area contributed by atoms with Gasteiger partial charge in [-0.15, -0.1) is 0 Å². The Kier molecular flexibility index (Phi) is 6.32. The lowest BCUT2D eigenvalue weighted by Crippen LogP contribution is -2.13. The normalized spacial score (nSPS) is 10.5. The predicted octanol–water partition coefficient (Wildman–Crippen LogP) is 4.68. The van der Waals surface area contributed by atoms with E-state index in [1.54, 1.807) is 18.3 Å². The van der Waals surface area contributed by atoms with E-state index in [1.807, 2.05) is 51.1 Å². The number of ether oxygens (including phenoxy) is 3. The first-order valence-electron chi connectivity index (χ1n) is 9.38. The minimum atomic E-state index is -0.276. The van der Waals surface area contributed by atoms with Gasteiger partial charge in [0.05, 0.1) is 37.2 Å². The van der Waals surface area contributed by atoms with Crippen molar-refractivity contribution in [2.24, 2.45) is 0 Å². The van der Waals surface area contributed by atoms with Crippen molar-refractivity contribution >= 4 is 22.5 Å². The van der Waals surface area contributed by atoms with Crippen molar-refractivity contribution in [3.63, 3.8) is 0 Å². The van der Waals surface area contributed by atoms with E-state index < -0.39 is 0 Å². The molecule has 1 amide bonds. The highest BCUT2D eigenvalue weighted by Crippen LogP contribution is 2.39. The lowest BCUT2D eigenvalue weighted by molar-refractivity contribution is 0.102. The first-order chi connectivity index (χ1) is 13.7. The Bertz CT molecular complexity index is 945. The molecule has 0 saturated carbocycles. The third-order valence-electron chi connectivity index (χ3n) is 4.02. The molecule has 0 radical (unpaired) electrons. The minimum Gasteiger partial charge on any atom is -0.490 e. The largest absolute Gasteiger partial charge is 0.490 e. The van der Waals surface area contributed by atoms with Crippen LogP contribution < -0.4 is 19.5 Å². The fourth-order valence-electron chi connectivity index (χ4n) is 2.86. The first-order valence-corrected chi connectivity index (χ1v) is 9.38. The summed E-state index contributed by atoms with van der Waals surface area (Å²) in [4.78, 5) is 17.2. The van der Waals surface area contributed by atoms with Gasteiger partial charge in [-0.25, -0.2) is 0 Å². The van der Waals surface area contributed by atoms with Crippen LogP contribution in [0.1, 0.15) is 31.1 Å². The van der Waals surface area contributed by atoms with Crippen molar-refractivity contribution in [1.82, 2.24) is 4.98 Å². The number of nitrogens with zero attached hydrogens (tertiary/aromatic N) is 1. The summed E-state index contributed by atoms with van der Waals surface area (Å²) < 4.78 is 17.0. The van der Waals surface area contributed by atoms with Crippen LogP contribution in [0.25, 0.3) is 10.9 Å². The number of aromatic nitrogens is 1. The van der Waals surface area contributed by atoms with Gasteiger partial charge < -0.3 is 19.5 Å². The number of pyridine rings is 1. The SMILES string of the molecule is CCOc1cc(C(=O)Nc2cnc3ccccc3c2)cc(OCC)c1OCC. The number of rotatable bonds is 8. The van der Waals surface area contributed by atoms with Crippen LogP contribution in [0.5, 0.6) is 17.2 Å². The molecular formula is C22H24N2O4. The predicted molar refractivity (Wildman–Crippen MR) is 110 cm³/mol. The second-order valence-corrected chi connectivity index (χ2v) is 5.97. The van der Waals surface area contributed by atoms with Gasteiger partial charge in [0.15, 0.2) is 11.5 Å². The van der Waals surface area contributed by atoms with Crippen molar-refractivity contribution in [3.8, 4) is 17.2 Å². The van der Waals surface area contributed by atoms with Gasteiger partial charge in [0.25, 0.3) is 5.91 Å². The number of hydrogen-bond acceptors (Lipinski definition) is 5. The molecule has 6 heteroatoms. The Labute approximate surface area is 164 Å². The summed E-state index contributed by atoms with van der Waals surface area (Å²) in [5, 5.41) is 3.84. The number of fused-ring (bicyclic) bond motifs is 1. The van der Waals surface area contributed by atoms with Gasteiger partial charge in [-0.05, 0) is 45.0 Å². The van der Waals surface area contributed by atoms with Gasteiger partial charge >= 0.3 is 0 Å². The summed E-state index contributed by atoms with van der Waals surface area (Å²) >= 11 is 0. The summed E-state index contributed by atoms with van der Waals surface area (Å²) in [6.45, 7) is 7.01. The van der Waals surface area contributed by atoms with Gasteiger partial charge in [0, 0.05) is 10.9 Å². The highest BCUT2D eigenvalue weighted by Gasteiger charge is 2.18. The fourth-order valence-corrected chi connectivity index (χ4v) is 2.86. The molecule has 3 rings (SSSR count). The van der Waals surface area contributed by atoms with Crippen molar-refractivity contribution in [3.05, 3.63) is 54.2 Å². The maximum Gasteiger partial charge on any atom is 0.255 e. The zero-order chi connectivity index (χ0) is 19.9. The van der Waals surface area contributed by atoms with Crippen LogP contribution in [0.4, 0.5) is 5.69 Å². The quantitative estimate of drug-likeness (QED) is 0.614. The minimum absolute atomic E-state index is 0.276. The van der Waals surface area contributed by atoms with E-state index in [1.165, 1.54) is 0 Å². The molecule has 146 valence electrons. The van der Waals surface area contributed by atoms with E-state index >= 15 is 0 Å². The molecule has 0 saturated heterocycles. The van der Waals surface area contributed by atoms with Crippen LogP contribution in [0.15, 0.2) is 48.7 Å². The Morgan fingerprint density at radius 2 is 1.57 bits per heavy atom. The topological polar surface area (TPSA) is 69.7 Å². The Morgan fingerprint density at radius 1 is 0.929 bits per heavy atom. The molecule has 28 heavy (non-hydrogen) atoms. The monoisotopic (exact) mass is 380 g/mol. The number of carbonyl (C=O) groups excluding carboxylic acids is 1. The molecule has 0 unspecified atom stereocenters. The fraction of sp³-hybridized carbons (Fsp3) is 0.273. The molecule has 2 aromatic carbocycles. The van der Waals surface area contributed by atoms with Crippen LogP contribution >= 0.6 is 0 Å². The van der Waals surface area contributed by atoms with Crippen molar-refractivity contribution in [1.29, 1.82) is 0 Å². The van der Waals surface area contributed by atoms with Crippen molar-refractivity contribution in [2.45, 2.75) is 20.8 Å². The molecule has 0 fully saturated rings. The molecule has 0 bridgehead atoms. The number of para-hydroxylation sites is 1. The van der Waals surface area contributed by atoms with Gasteiger partial charge in [-0.3, -0.25) is 9.78 Å². The molecule has 0 aliphatic heterocycles. The standard InChI is InChI=1S/C22H24N2O4/c1-4-26-19-12-16(13-20(27-5-2)21(19)28-6-3)22(25)24-17-11-15-9-7-8-10-18(15)23-14-17/h7-14H,4-6H2,1-3H3,(H,24,25). The van der Waals surface area contributed by atoms with E-state index in [0.29, 0.717) is 48.3 Å². The van der Waals surface area contributed by atoms with Crippen LogP contribution in [-0.2, 0) is 0 Å². The maximum atomic E-state index is 12.8. The molecule has 1 N–H and O–H groups in total. The maximum absolute atomic E-state index is 12.8. The lowest BCUT2D eigenvalue weighted by atomic mass is 10.1. The molecule has 3 aromatic rings. The molecule has 0 atom stereocenters. The number of amides is 1. The molecule has 6 nitrogen and oxygen atoms in total. The molecule has 0 spiro atoms. The van der Waals surface area contributed by atoms with Crippen LogP contribution in [0.3, 0.4) is 0 Å². The van der Waals surface area contributed by atoms with Gasteiger partial charge in [-0.2, -0.15) is 0 Å². The van der Waals surface area contributed by atoms with E-state index in [-0.39, 0.29) is 5.91 Å². The molecule has 1 aromatic heterocycles. The number of carbonyl (C=O) groups is 1. The zero-order valence-electron chi connectivity index (χ0n) is 16.3. The van der Waals surface area contributed by atoms with Gasteiger partial charge in [0.2, 0.25) is 5.75 Å². The Balaban J connectivity index is 1.92. The van der Waals surface area contributed by atoms with Gasteiger partial charge in [-0.1, -0.05) is 18.2 Å². The summed E-state index contributed by atoms with van der Waals surface area (Å²) in [5.41, 5.74) is 1.91. The van der Waals surface area contributed by atoms with Crippen molar-refractivity contribution in [2.75, 3.05) is 25.1 Å².